The third-order valence-electron chi connectivity index (χ3n) is 5.89. The van der Waals surface area contributed by atoms with E-state index in [-0.39, 0.29) is 18.7 Å². The Hall–Kier alpha value is -3.36. The van der Waals surface area contributed by atoms with Crippen LogP contribution in [-0.4, -0.2) is 58.3 Å². The molecule has 0 bridgehead atoms. The minimum atomic E-state index is -0.535. The van der Waals surface area contributed by atoms with Gasteiger partial charge in [0.2, 0.25) is 0 Å². The average Bonchev–Trinajstić information content (AvgIpc) is 2.82. The predicted octanol–water partition coefficient (Wildman–Crippen LogP) is 3.67. The molecule has 1 N–H and O–H groups in total. The molecule has 2 aromatic rings. The molecule has 1 fully saturated rings. The molecule has 1 aromatic carbocycles. The van der Waals surface area contributed by atoms with Crippen LogP contribution in [0.2, 0.25) is 0 Å². The van der Waals surface area contributed by atoms with Crippen molar-refractivity contribution in [2.24, 2.45) is 0 Å². The molecule has 1 saturated heterocycles. The molecular formula is C25H33N5O4. The van der Waals surface area contributed by atoms with Crippen molar-refractivity contribution in [2.75, 3.05) is 24.5 Å². The summed E-state index contributed by atoms with van der Waals surface area (Å²) in [6.07, 6.45) is 3.31. The lowest BCUT2D eigenvalue weighted by molar-refractivity contribution is 0.0220. The number of nitrogens with one attached hydrogen (secondary N) is 1. The van der Waals surface area contributed by atoms with Gasteiger partial charge in [0.25, 0.3) is 0 Å². The highest BCUT2D eigenvalue weighted by molar-refractivity contribution is 5.69. The van der Waals surface area contributed by atoms with Crippen LogP contribution >= 0.6 is 0 Å². The van der Waals surface area contributed by atoms with E-state index >= 15 is 0 Å². The van der Waals surface area contributed by atoms with Gasteiger partial charge in [-0.25, -0.2) is 19.6 Å². The van der Waals surface area contributed by atoms with E-state index < -0.39 is 11.7 Å². The molecule has 4 rings (SSSR count). The molecule has 2 amide bonds. The number of rotatable bonds is 4. The summed E-state index contributed by atoms with van der Waals surface area (Å²) in [7, 11) is 0. The van der Waals surface area contributed by atoms with E-state index in [1.54, 1.807) is 11.2 Å². The fraction of sp³-hybridized carbons (Fsp3) is 0.520. The number of amides is 2. The number of anilines is 1. The van der Waals surface area contributed by atoms with E-state index in [9.17, 15) is 9.59 Å². The Morgan fingerprint density at radius 1 is 1.15 bits per heavy atom. The number of ether oxygens (including phenoxy) is 2. The van der Waals surface area contributed by atoms with Crippen molar-refractivity contribution in [3.8, 4) is 0 Å². The van der Waals surface area contributed by atoms with E-state index in [4.69, 9.17) is 9.47 Å². The minimum absolute atomic E-state index is 0.0236. The van der Waals surface area contributed by atoms with Gasteiger partial charge in [0, 0.05) is 31.2 Å². The molecule has 9 nitrogen and oxygen atoms in total. The summed E-state index contributed by atoms with van der Waals surface area (Å²) in [5.41, 5.74) is 2.33. The Morgan fingerprint density at radius 3 is 2.71 bits per heavy atom. The van der Waals surface area contributed by atoms with Gasteiger partial charge in [0.05, 0.1) is 12.2 Å². The standard InChI is InChI=1S/C25H33N5O4/c1-25(2,3)34-24(32)30-13-11-20-21(15-30)26-17-27-22(20)29-12-7-10-19(14-29)28-23(31)33-16-18-8-5-4-6-9-18/h4-6,8-9,17,19H,7,10-16H2,1-3H3,(H,28,31)/t19-/m1/s1. The predicted molar refractivity (Wildman–Crippen MR) is 127 cm³/mol. The molecule has 1 aromatic heterocycles. The summed E-state index contributed by atoms with van der Waals surface area (Å²) in [4.78, 5) is 37.7. The molecule has 2 aliphatic heterocycles. The van der Waals surface area contributed by atoms with Crippen LogP contribution in [-0.2, 0) is 29.0 Å². The highest BCUT2D eigenvalue weighted by Gasteiger charge is 2.30. The maximum Gasteiger partial charge on any atom is 0.410 e. The van der Waals surface area contributed by atoms with Gasteiger partial charge < -0.3 is 24.6 Å². The Balaban J connectivity index is 1.36. The van der Waals surface area contributed by atoms with Crippen molar-refractivity contribution < 1.29 is 19.1 Å². The van der Waals surface area contributed by atoms with Gasteiger partial charge in [0.1, 0.15) is 24.4 Å². The molecule has 34 heavy (non-hydrogen) atoms. The molecule has 2 aliphatic rings. The number of hydrogen-bond donors (Lipinski definition) is 1. The quantitative estimate of drug-likeness (QED) is 0.733. The molecule has 0 aliphatic carbocycles. The van der Waals surface area contributed by atoms with Crippen LogP contribution in [0, 0.1) is 0 Å². The summed E-state index contributed by atoms with van der Waals surface area (Å²) in [6, 6.07) is 9.61. The summed E-state index contributed by atoms with van der Waals surface area (Å²) < 4.78 is 10.9. The molecule has 0 saturated carbocycles. The number of nitrogens with zero attached hydrogens (tertiary/aromatic N) is 4. The Labute approximate surface area is 200 Å². The number of hydrogen-bond acceptors (Lipinski definition) is 7. The number of fused-ring (bicyclic) bond motifs is 1. The SMILES string of the molecule is CC(C)(C)OC(=O)N1CCc2c(ncnc2N2CCC[C@@H](NC(=O)OCc3ccccc3)C2)C1. The zero-order chi connectivity index (χ0) is 24.1. The van der Waals surface area contributed by atoms with Crippen LogP contribution in [0.15, 0.2) is 36.7 Å². The Morgan fingerprint density at radius 2 is 1.94 bits per heavy atom. The smallest absolute Gasteiger partial charge is 0.410 e. The molecule has 3 heterocycles. The topological polar surface area (TPSA) is 96.9 Å². The molecule has 0 spiro atoms. The number of piperidine rings is 1. The maximum atomic E-state index is 12.5. The van der Waals surface area contributed by atoms with Crippen LogP contribution < -0.4 is 10.2 Å². The lowest BCUT2D eigenvalue weighted by atomic mass is 10.0. The second-order valence-electron chi connectivity index (χ2n) is 9.77. The van der Waals surface area contributed by atoms with Crippen LogP contribution in [0.1, 0.15) is 50.4 Å². The fourth-order valence-corrected chi connectivity index (χ4v) is 4.31. The monoisotopic (exact) mass is 467 g/mol. The van der Waals surface area contributed by atoms with Gasteiger partial charge in [-0.05, 0) is 45.6 Å². The normalized spacial score (nSPS) is 18.1. The zero-order valence-corrected chi connectivity index (χ0v) is 20.1. The molecule has 0 radical (unpaired) electrons. The third kappa shape index (κ3) is 6.15. The number of carbonyl (C=O) groups excluding carboxylic acids is 2. The molecule has 0 unspecified atom stereocenters. The Kier molecular flexibility index (Phi) is 7.19. The summed E-state index contributed by atoms with van der Waals surface area (Å²) in [5.74, 6) is 0.887. The van der Waals surface area contributed by atoms with Crippen molar-refractivity contribution in [2.45, 2.75) is 64.8 Å². The second kappa shape index (κ2) is 10.3. The van der Waals surface area contributed by atoms with Gasteiger partial charge in [0.15, 0.2) is 0 Å². The van der Waals surface area contributed by atoms with E-state index in [0.717, 1.165) is 42.0 Å². The van der Waals surface area contributed by atoms with Crippen LogP contribution in [0.3, 0.4) is 0 Å². The highest BCUT2D eigenvalue weighted by atomic mass is 16.6. The molecular weight excluding hydrogens is 434 g/mol. The molecule has 182 valence electrons. The highest BCUT2D eigenvalue weighted by Crippen LogP contribution is 2.28. The van der Waals surface area contributed by atoms with Crippen molar-refractivity contribution in [1.29, 1.82) is 0 Å². The zero-order valence-electron chi connectivity index (χ0n) is 20.1. The van der Waals surface area contributed by atoms with Gasteiger partial charge in [-0.1, -0.05) is 30.3 Å². The number of aromatic nitrogens is 2. The fourth-order valence-electron chi connectivity index (χ4n) is 4.31. The molecule has 9 heteroatoms. The lowest BCUT2D eigenvalue weighted by Gasteiger charge is -2.36. The number of alkyl carbamates (subject to hydrolysis) is 1. The first-order valence-electron chi connectivity index (χ1n) is 11.8. The summed E-state index contributed by atoms with van der Waals surface area (Å²) in [6.45, 7) is 8.31. The number of carbonyl (C=O) groups is 2. The first kappa shape index (κ1) is 23.8. The van der Waals surface area contributed by atoms with E-state index in [1.807, 2.05) is 51.1 Å². The maximum absolute atomic E-state index is 12.5. The Bertz CT molecular complexity index is 1010. The van der Waals surface area contributed by atoms with Crippen LogP contribution in [0.5, 0.6) is 0 Å². The summed E-state index contributed by atoms with van der Waals surface area (Å²) in [5, 5.41) is 3.00. The van der Waals surface area contributed by atoms with Gasteiger partial charge in [-0.15, -0.1) is 0 Å². The van der Waals surface area contributed by atoms with Crippen molar-refractivity contribution in [3.63, 3.8) is 0 Å². The van der Waals surface area contributed by atoms with Crippen molar-refractivity contribution >= 4 is 18.0 Å². The third-order valence-corrected chi connectivity index (χ3v) is 5.89. The number of benzene rings is 1. The van der Waals surface area contributed by atoms with Crippen LogP contribution in [0.25, 0.3) is 0 Å². The first-order chi connectivity index (χ1) is 16.3. The first-order valence-corrected chi connectivity index (χ1v) is 11.8. The summed E-state index contributed by atoms with van der Waals surface area (Å²) >= 11 is 0. The largest absolute Gasteiger partial charge is 0.445 e. The van der Waals surface area contributed by atoms with E-state index in [0.29, 0.717) is 26.1 Å². The molecule has 1 atom stereocenters. The van der Waals surface area contributed by atoms with Gasteiger partial charge in [-0.3, -0.25) is 0 Å². The minimum Gasteiger partial charge on any atom is -0.445 e. The van der Waals surface area contributed by atoms with E-state index in [1.165, 1.54) is 0 Å². The average molecular weight is 468 g/mol. The van der Waals surface area contributed by atoms with Gasteiger partial charge in [-0.2, -0.15) is 0 Å². The van der Waals surface area contributed by atoms with Crippen LogP contribution in [0.4, 0.5) is 15.4 Å². The van der Waals surface area contributed by atoms with Gasteiger partial charge >= 0.3 is 12.2 Å². The van der Waals surface area contributed by atoms with E-state index in [2.05, 4.69) is 20.2 Å². The lowest BCUT2D eigenvalue weighted by Crippen LogP contribution is -2.49. The van der Waals surface area contributed by atoms with Crippen molar-refractivity contribution in [1.82, 2.24) is 20.2 Å². The van der Waals surface area contributed by atoms with Crippen molar-refractivity contribution in [3.05, 3.63) is 53.5 Å². The second-order valence-corrected chi connectivity index (χ2v) is 9.77.